The van der Waals surface area contributed by atoms with Crippen molar-refractivity contribution in [2.45, 2.75) is 33.7 Å². The van der Waals surface area contributed by atoms with Crippen molar-refractivity contribution in [3.05, 3.63) is 41.3 Å². The molecule has 0 saturated heterocycles. The third kappa shape index (κ3) is 2.26. The average molecular weight is 297 g/mol. The van der Waals surface area contributed by atoms with Crippen LogP contribution in [0.5, 0.6) is 0 Å². The van der Waals surface area contributed by atoms with Crippen molar-refractivity contribution in [2.75, 3.05) is 5.32 Å². The van der Waals surface area contributed by atoms with Gasteiger partial charge in [0.05, 0.1) is 0 Å². The predicted molar refractivity (Wildman–Crippen MR) is 86.1 cm³/mol. The molecule has 0 radical (unpaired) electrons. The van der Waals surface area contributed by atoms with Gasteiger partial charge in [-0.3, -0.25) is 10.1 Å². The van der Waals surface area contributed by atoms with E-state index in [1.54, 1.807) is 0 Å². The molecule has 114 valence electrons. The lowest BCUT2D eigenvalue weighted by molar-refractivity contribution is 0.101. The van der Waals surface area contributed by atoms with E-state index < -0.39 is 0 Å². The molecule has 0 bridgehead atoms. The largest absolute Gasteiger partial charge is 0.337 e. The Hall–Kier alpha value is -2.63. The number of aryl methyl sites for hydroxylation is 3. The summed E-state index contributed by atoms with van der Waals surface area (Å²) >= 11 is 0. The molecule has 2 heterocycles. The SMILES string of the molecule is CCc1ccc2c(c1)c(C)c(C(=O)Nc1ncn[nH]1)n2CC. The molecule has 0 atom stereocenters. The predicted octanol–water partition coefficient (Wildman–Crippen LogP) is 2.90. The van der Waals surface area contributed by atoms with Gasteiger partial charge in [-0.1, -0.05) is 13.0 Å². The summed E-state index contributed by atoms with van der Waals surface area (Å²) in [5, 5.41) is 10.3. The van der Waals surface area contributed by atoms with Crippen LogP contribution in [0.15, 0.2) is 24.5 Å². The van der Waals surface area contributed by atoms with E-state index in [2.05, 4.69) is 45.6 Å². The first-order valence-corrected chi connectivity index (χ1v) is 7.44. The van der Waals surface area contributed by atoms with Gasteiger partial charge in [-0.05, 0) is 43.5 Å². The van der Waals surface area contributed by atoms with Crippen LogP contribution in [0.3, 0.4) is 0 Å². The highest BCUT2D eigenvalue weighted by Crippen LogP contribution is 2.27. The lowest BCUT2D eigenvalue weighted by atomic mass is 10.1. The van der Waals surface area contributed by atoms with Gasteiger partial charge in [-0.15, -0.1) is 0 Å². The zero-order valence-corrected chi connectivity index (χ0v) is 13.0. The molecule has 6 nitrogen and oxygen atoms in total. The number of amides is 1. The summed E-state index contributed by atoms with van der Waals surface area (Å²) in [6, 6.07) is 6.38. The molecule has 0 aliphatic rings. The molecule has 2 N–H and O–H groups in total. The maximum atomic E-state index is 12.6. The van der Waals surface area contributed by atoms with Gasteiger partial charge < -0.3 is 4.57 Å². The summed E-state index contributed by atoms with van der Waals surface area (Å²) in [4.78, 5) is 16.6. The second-order valence-corrected chi connectivity index (χ2v) is 5.21. The smallest absolute Gasteiger partial charge is 0.274 e. The second kappa shape index (κ2) is 5.63. The van der Waals surface area contributed by atoms with E-state index in [1.165, 1.54) is 11.9 Å². The number of fused-ring (bicyclic) bond motifs is 1. The minimum Gasteiger partial charge on any atom is -0.337 e. The Labute approximate surface area is 128 Å². The number of carbonyl (C=O) groups excluding carboxylic acids is 1. The number of aromatic nitrogens is 4. The number of benzene rings is 1. The summed E-state index contributed by atoms with van der Waals surface area (Å²) < 4.78 is 2.04. The zero-order chi connectivity index (χ0) is 15.7. The minimum atomic E-state index is -0.176. The molecule has 6 heteroatoms. The van der Waals surface area contributed by atoms with E-state index in [4.69, 9.17) is 0 Å². The van der Waals surface area contributed by atoms with E-state index >= 15 is 0 Å². The number of hydrogen-bond donors (Lipinski definition) is 2. The molecule has 1 aromatic carbocycles. The first-order chi connectivity index (χ1) is 10.7. The standard InChI is InChI=1S/C16H19N5O/c1-4-11-6-7-13-12(8-11)10(3)14(21(13)5-2)15(22)19-16-17-9-18-20-16/h6-9H,4-5H2,1-3H3,(H2,17,18,19,20,22). The number of aromatic amines is 1. The van der Waals surface area contributed by atoms with E-state index in [0.717, 1.165) is 29.4 Å². The fourth-order valence-electron chi connectivity index (χ4n) is 2.84. The van der Waals surface area contributed by atoms with Crippen molar-refractivity contribution in [1.29, 1.82) is 0 Å². The van der Waals surface area contributed by atoms with Crippen molar-refractivity contribution in [3.63, 3.8) is 0 Å². The number of carbonyl (C=O) groups is 1. The quantitative estimate of drug-likeness (QED) is 0.777. The fourth-order valence-corrected chi connectivity index (χ4v) is 2.84. The molecule has 0 fully saturated rings. The number of rotatable bonds is 4. The highest BCUT2D eigenvalue weighted by molar-refractivity contribution is 6.07. The van der Waals surface area contributed by atoms with Crippen LogP contribution in [-0.2, 0) is 13.0 Å². The molecular weight excluding hydrogens is 278 g/mol. The van der Waals surface area contributed by atoms with E-state index in [-0.39, 0.29) is 5.91 Å². The van der Waals surface area contributed by atoms with Crippen molar-refractivity contribution >= 4 is 22.8 Å². The fraction of sp³-hybridized carbons (Fsp3) is 0.312. The molecule has 1 amide bonds. The van der Waals surface area contributed by atoms with Crippen LogP contribution in [0.25, 0.3) is 10.9 Å². The molecule has 0 spiro atoms. The van der Waals surface area contributed by atoms with Crippen LogP contribution < -0.4 is 5.32 Å². The van der Waals surface area contributed by atoms with Gasteiger partial charge >= 0.3 is 0 Å². The topological polar surface area (TPSA) is 75.6 Å². The minimum absolute atomic E-state index is 0.176. The van der Waals surface area contributed by atoms with E-state index in [0.29, 0.717) is 11.6 Å². The van der Waals surface area contributed by atoms with Gasteiger partial charge in [0.1, 0.15) is 12.0 Å². The van der Waals surface area contributed by atoms with Crippen LogP contribution >= 0.6 is 0 Å². The van der Waals surface area contributed by atoms with Crippen molar-refractivity contribution in [3.8, 4) is 0 Å². The van der Waals surface area contributed by atoms with Crippen LogP contribution in [0.4, 0.5) is 5.95 Å². The first-order valence-electron chi connectivity index (χ1n) is 7.44. The van der Waals surface area contributed by atoms with Gasteiger partial charge in [0.2, 0.25) is 5.95 Å². The van der Waals surface area contributed by atoms with Gasteiger partial charge in [-0.25, -0.2) is 5.10 Å². The maximum Gasteiger partial charge on any atom is 0.274 e. The van der Waals surface area contributed by atoms with Gasteiger partial charge in [0.15, 0.2) is 0 Å². The molecule has 0 unspecified atom stereocenters. The van der Waals surface area contributed by atoms with E-state index in [9.17, 15) is 4.79 Å². The first kappa shape index (κ1) is 14.3. The number of H-pyrrole nitrogens is 1. The van der Waals surface area contributed by atoms with Crippen LogP contribution in [0.2, 0.25) is 0 Å². The van der Waals surface area contributed by atoms with Crippen LogP contribution in [-0.4, -0.2) is 25.7 Å². The molecule has 2 aromatic heterocycles. The number of nitrogens with zero attached hydrogens (tertiary/aromatic N) is 3. The van der Waals surface area contributed by atoms with Gasteiger partial charge in [0.25, 0.3) is 5.91 Å². The van der Waals surface area contributed by atoms with Gasteiger partial charge in [0, 0.05) is 17.4 Å². The van der Waals surface area contributed by atoms with Crippen LogP contribution in [0, 0.1) is 6.92 Å². The van der Waals surface area contributed by atoms with E-state index in [1.807, 2.05) is 18.4 Å². The molecule has 0 saturated carbocycles. The summed E-state index contributed by atoms with van der Waals surface area (Å²) in [6.45, 7) is 6.89. The Morgan fingerprint density at radius 1 is 1.36 bits per heavy atom. The summed E-state index contributed by atoms with van der Waals surface area (Å²) in [5.74, 6) is 0.178. The second-order valence-electron chi connectivity index (χ2n) is 5.21. The molecule has 0 aliphatic heterocycles. The molecule has 22 heavy (non-hydrogen) atoms. The lowest BCUT2D eigenvalue weighted by Crippen LogP contribution is -2.18. The molecule has 3 rings (SSSR count). The Bertz CT molecular complexity index is 817. The highest BCUT2D eigenvalue weighted by Gasteiger charge is 2.20. The number of hydrogen-bond acceptors (Lipinski definition) is 3. The molecular formula is C16H19N5O. The lowest BCUT2D eigenvalue weighted by Gasteiger charge is -2.08. The summed E-state index contributed by atoms with van der Waals surface area (Å²) in [7, 11) is 0. The van der Waals surface area contributed by atoms with Crippen molar-refractivity contribution in [1.82, 2.24) is 19.7 Å². The number of nitrogens with one attached hydrogen (secondary N) is 2. The Kier molecular flexibility index (Phi) is 3.66. The van der Waals surface area contributed by atoms with Crippen molar-refractivity contribution in [2.24, 2.45) is 0 Å². The number of anilines is 1. The molecule has 3 aromatic rings. The Morgan fingerprint density at radius 3 is 2.82 bits per heavy atom. The van der Waals surface area contributed by atoms with Crippen LogP contribution in [0.1, 0.15) is 35.5 Å². The monoisotopic (exact) mass is 297 g/mol. The normalized spacial score (nSPS) is 11.0. The maximum absolute atomic E-state index is 12.6. The summed E-state index contributed by atoms with van der Waals surface area (Å²) in [5.41, 5.74) is 4.01. The Balaban J connectivity index is 2.11. The van der Waals surface area contributed by atoms with Crippen molar-refractivity contribution < 1.29 is 4.79 Å². The third-order valence-electron chi connectivity index (χ3n) is 3.97. The Morgan fingerprint density at radius 2 is 2.18 bits per heavy atom. The highest BCUT2D eigenvalue weighted by atomic mass is 16.2. The molecule has 0 aliphatic carbocycles. The summed E-state index contributed by atoms with van der Waals surface area (Å²) in [6.07, 6.45) is 2.34. The third-order valence-corrected chi connectivity index (χ3v) is 3.97. The average Bonchev–Trinajstić information content (AvgIpc) is 3.13. The zero-order valence-electron chi connectivity index (χ0n) is 13.0. The van der Waals surface area contributed by atoms with Gasteiger partial charge in [-0.2, -0.15) is 10.1 Å².